The molecule has 0 atom stereocenters. The van der Waals surface area contributed by atoms with Crippen LogP contribution in [0.5, 0.6) is 11.5 Å². The number of carboxylic acid groups (broad SMARTS) is 1. The molecule has 0 spiro atoms. The van der Waals surface area contributed by atoms with Crippen molar-refractivity contribution in [3.05, 3.63) is 101 Å². The highest BCUT2D eigenvalue weighted by molar-refractivity contribution is 6.15. The van der Waals surface area contributed by atoms with Crippen molar-refractivity contribution in [2.75, 3.05) is 26.2 Å². The van der Waals surface area contributed by atoms with E-state index in [0.717, 1.165) is 27.6 Å². The number of benzene rings is 3. The quantitative estimate of drug-likeness (QED) is 0.349. The molecule has 0 saturated carbocycles. The third kappa shape index (κ3) is 4.62. The minimum absolute atomic E-state index is 0.170. The van der Waals surface area contributed by atoms with Gasteiger partial charge < -0.3 is 24.5 Å². The summed E-state index contributed by atoms with van der Waals surface area (Å²) in [4.78, 5) is 31.6. The van der Waals surface area contributed by atoms with Gasteiger partial charge in [0.15, 0.2) is 5.76 Å². The fourth-order valence-electron chi connectivity index (χ4n) is 4.98. The number of aromatic amines is 1. The summed E-state index contributed by atoms with van der Waals surface area (Å²) in [7, 11) is 0. The Kier molecular flexibility index (Phi) is 6.31. The van der Waals surface area contributed by atoms with Crippen LogP contribution in [0.15, 0.2) is 78.7 Å². The average Bonchev–Trinajstić information content (AvgIpc) is 3.50. The van der Waals surface area contributed by atoms with E-state index in [9.17, 15) is 14.7 Å². The zero-order chi connectivity index (χ0) is 26.1. The van der Waals surface area contributed by atoms with Crippen LogP contribution in [0.1, 0.15) is 27.0 Å². The molecule has 1 fully saturated rings. The molecule has 0 radical (unpaired) electrons. The molecule has 3 aromatic carbocycles. The van der Waals surface area contributed by atoms with E-state index in [1.165, 1.54) is 4.90 Å². The number of fused-ring (bicyclic) bond motifs is 2. The number of carbonyl (C=O) groups excluding carboxylic acids is 1. The third-order valence-electron chi connectivity index (χ3n) is 7.07. The number of carbonyl (C=O) groups is 2. The number of H-pyrrole nitrogens is 1. The van der Waals surface area contributed by atoms with Gasteiger partial charge in [-0.15, -0.1) is 0 Å². The van der Waals surface area contributed by atoms with Gasteiger partial charge in [-0.25, -0.2) is 4.79 Å². The van der Waals surface area contributed by atoms with Crippen LogP contribution in [-0.2, 0) is 13.2 Å². The Bertz CT molecular complexity index is 1530. The number of ether oxygens (including phenoxy) is 2. The second-order valence-electron chi connectivity index (χ2n) is 9.47. The van der Waals surface area contributed by atoms with Gasteiger partial charge in [0, 0.05) is 55.4 Å². The van der Waals surface area contributed by atoms with Crippen LogP contribution < -0.4 is 9.47 Å². The van der Waals surface area contributed by atoms with E-state index in [0.29, 0.717) is 56.4 Å². The summed E-state index contributed by atoms with van der Waals surface area (Å²) in [5.41, 5.74) is 4.19. The molecular formula is C30H27N3O5. The molecule has 192 valence electrons. The van der Waals surface area contributed by atoms with Gasteiger partial charge in [-0.2, -0.15) is 0 Å². The van der Waals surface area contributed by atoms with Gasteiger partial charge in [0.05, 0.1) is 11.1 Å². The SMILES string of the molecule is O=C1C(=Cc2c[nH]c3ccccc23)Oc2c1ccc(OCc1ccccc1)c2CN1CCN(C(=O)O)CC1. The first kappa shape index (κ1) is 23.8. The number of nitrogens with zero attached hydrogens (tertiary/aromatic N) is 2. The van der Waals surface area contributed by atoms with Crippen LogP contribution in [-0.4, -0.2) is 57.9 Å². The molecule has 6 rings (SSSR count). The van der Waals surface area contributed by atoms with E-state index in [1.54, 1.807) is 12.1 Å². The number of Topliss-reactive ketones (excluding diaryl/α,β-unsaturated/α-hetero) is 1. The van der Waals surface area contributed by atoms with Crippen molar-refractivity contribution in [1.29, 1.82) is 0 Å². The standard InChI is InChI=1S/C30H27N3O5/c34-28-23-10-11-26(37-19-20-6-2-1-3-7-20)24(18-32-12-14-33(15-13-32)30(35)36)29(23)38-27(28)16-21-17-31-25-9-5-4-8-22(21)25/h1-11,16-17,31H,12-15,18-19H2,(H,35,36). The van der Waals surface area contributed by atoms with Crippen molar-refractivity contribution in [2.24, 2.45) is 0 Å². The van der Waals surface area contributed by atoms with E-state index in [2.05, 4.69) is 9.88 Å². The number of para-hydroxylation sites is 1. The summed E-state index contributed by atoms with van der Waals surface area (Å²) in [6, 6.07) is 21.4. The van der Waals surface area contributed by atoms with Gasteiger partial charge in [-0.05, 0) is 29.8 Å². The number of ketones is 1. The summed E-state index contributed by atoms with van der Waals surface area (Å²) in [6.07, 6.45) is 2.74. The van der Waals surface area contributed by atoms with Crippen molar-refractivity contribution in [3.63, 3.8) is 0 Å². The summed E-state index contributed by atoms with van der Waals surface area (Å²) in [6.45, 7) is 2.88. The van der Waals surface area contributed by atoms with Crippen LogP contribution in [0.2, 0.25) is 0 Å². The Morgan fingerprint density at radius 1 is 1.00 bits per heavy atom. The number of hydrogen-bond donors (Lipinski definition) is 2. The van der Waals surface area contributed by atoms with E-state index in [4.69, 9.17) is 9.47 Å². The number of amides is 1. The first-order valence-electron chi connectivity index (χ1n) is 12.6. The molecule has 8 heteroatoms. The molecule has 38 heavy (non-hydrogen) atoms. The fourth-order valence-corrected chi connectivity index (χ4v) is 4.98. The lowest BCUT2D eigenvalue weighted by Crippen LogP contribution is -2.47. The fraction of sp³-hybridized carbons (Fsp3) is 0.200. The zero-order valence-electron chi connectivity index (χ0n) is 20.7. The Morgan fingerprint density at radius 2 is 1.76 bits per heavy atom. The zero-order valence-corrected chi connectivity index (χ0v) is 20.7. The smallest absolute Gasteiger partial charge is 0.407 e. The normalized spacial score (nSPS) is 16.6. The van der Waals surface area contributed by atoms with Gasteiger partial charge in [0.25, 0.3) is 0 Å². The number of hydrogen-bond acceptors (Lipinski definition) is 5. The molecular weight excluding hydrogens is 482 g/mol. The highest BCUT2D eigenvalue weighted by Gasteiger charge is 2.33. The minimum Gasteiger partial charge on any atom is -0.488 e. The largest absolute Gasteiger partial charge is 0.488 e. The van der Waals surface area contributed by atoms with Gasteiger partial charge in [0.2, 0.25) is 5.78 Å². The second kappa shape index (κ2) is 10.1. The molecule has 0 unspecified atom stereocenters. The lowest BCUT2D eigenvalue weighted by molar-refractivity contribution is 0.101. The lowest BCUT2D eigenvalue weighted by Gasteiger charge is -2.33. The number of piperazine rings is 1. The number of aromatic nitrogens is 1. The van der Waals surface area contributed by atoms with Crippen molar-refractivity contribution in [1.82, 2.24) is 14.8 Å². The number of nitrogens with one attached hydrogen (secondary N) is 1. The maximum Gasteiger partial charge on any atom is 0.407 e. The van der Waals surface area contributed by atoms with Crippen LogP contribution in [0, 0.1) is 0 Å². The molecule has 0 aliphatic carbocycles. The molecule has 2 N–H and O–H groups in total. The Labute approximate surface area is 219 Å². The van der Waals surface area contributed by atoms with Crippen LogP contribution in [0.3, 0.4) is 0 Å². The maximum absolute atomic E-state index is 13.4. The Balaban J connectivity index is 1.32. The van der Waals surface area contributed by atoms with Crippen molar-refractivity contribution in [2.45, 2.75) is 13.2 Å². The molecule has 1 aromatic heterocycles. The summed E-state index contributed by atoms with van der Waals surface area (Å²) >= 11 is 0. The lowest BCUT2D eigenvalue weighted by atomic mass is 10.0. The van der Waals surface area contributed by atoms with E-state index in [1.807, 2.05) is 66.9 Å². The molecule has 3 heterocycles. The highest BCUT2D eigenvalue weighted by Crippen LogP contribution is 2.41. The van der Waals surface area contributed by atoms with E-state index >= 15 is 0 Å². The van der Waals surface area contributed by atoms with Gasteiger partial charge >= 0.3 is 6.09 Å². The van der Waals surface area contributed by atoms with Gasteiger partial charge in [-0.1, -0.05) is 48.5 Å². The van der Waals surface area contributed by atoms with Crippen molar-refractivity contribution < 1.29 is 24.2 Å². The minimum atomic E-state index is -0.905. The summed E-state index contributed by atoms with van der Waals surface area (Å²) < 4.78 is 12.5. The number of rotatable bonds is 6. The van der Waals surface area contributed by atoms with Crippen molar-refractivity contribution >= 4 is 28.9 Å². The molecule has 1 amide bonds. The average molecular weight is 510 g/mol. The van der Waals surface area contributed by atoms with E-state index < -0.39 is 6.09 Å². The predicted octanol–water partition coefficient (Wildman–Crippen LogP) is 5.16. The summed E-state index contributed by atoms with van der Waals surface area (Å²) in [5, 5.41) is 10.3. The second-order valence-corrected chi connectivity index (χ2v) is 9.47. The molecule has 1 saturated heterocycles. The van der Waals surface area contributed by atoms with Gasteiger partial charge in [0.1, 0.15) is 18.1 Å². The van der Waals surface area contributed by atoms with Gasteiger partial charge in [-0.3, -0.25) is 9.69 Å². The third-order valence-corrected chi connectivity index (χ3v) is 7.07. The monoisotopic (exact) mass is 509 g/mol. The first-order valence-corrected chi connectivity index (χ1v) is 12.6. The van der Waals surface area contributed by atoms with Crippen LogP contribution in [0.4, 0.5) is 4.79 Å². The van der Waals surface area contributed by atoms with Crippen LogP contribution >= 0.6 is 0 Å². The highest BCUT2D eigenvalue weighted by atomic mass is 16.5. The van der Waals surface area contributed by atoms with E-state index in [-0.39, 0.29) is 11.5 Å². The Morgan fingerprint density at radius 3 is 2.55 bits per heavy atom. The number of allylic oxidation sites excluding steroid dienone is 1. The molecule has 0 bridgehead atoms. The molecule has 4 aromatic rings. The Hall–Kier alpha value is -4.56. The first-order chi connectivity index (χ1) is 18.6. The van der Waals surface area contributed by atoms with Crippen molar-refractivity contribution in [3.8, 4) is 11.5 Å². The molecule has 8 nitrogen and oxygen atoms in total. The maximum atomic E-state index is 13.4. The molecule has 2 aliphatic rings. The van der Waals surface area contributed by atoms with Crippen LogP contribution in [0.25, 0.3) is 17.0 Å². The topological polar surface area (TPSA) is 95.1 Å². The predicted molar refractivity (Wildman–Crippen MR) is 143 cm³/mol. The molecule has 2 aliphatic heterocycles. The summed E-state index contributed by atoms with van der Waals surface area (Å²) in [5.74, 6) is 1.25.